The highest BCUT2D eigenvalue weighted by molar-refractivity contribution is 9.10. The molecule has 5 heteroatoms. The molecule has 1 fully saturated rings. The van der Waals surface area contributed by atoms with Crippen LogP contribution in [0.5, 0.6) is 0 Å². The van der Waals surface area contributed by atoms with E-state index in [1.54, 1.807) is 6.20 Å². The molecule has 1 aromatic heterocycles. The Morgan fingerprint density at radius 1 is 1.61 bits per heavy atom. The highest BCUT2D eigenvalue weighted by atomic mass is 79.9. The average molecular weight is 314 g/mol. The Balaban J connectivity index is 2.06. The summed E-state index contributed by atoms with van der Waals surface area (Å²) in [5.41, 5.74) is 0.647. The number of hydrogen-bond acceptors (Lipinski definition) is 2. The fourth-order valence-corrected chi connectivity index (χ4v) is 2.67. The fraction of sp³-hybridized carbons (Fsp3) is 0.615. The zero-order valence-electron chi connectivity index (χ0n) is 10.9. The van der Waals surface area contributed by atoms with Gasteiger partial charge in [0.05, 0.1) is 0 Å². The maximum Gasteiger partial charge on any atom is 0.270 e. The smallest absolute Gasteiger partial charge is 0.270 e. The maximum absolute atomic E-state index is 12.4. The summed E-state index contributed by atoms with van der Waals surface area (Å²) >= 11 is 3.36. The molecule has 1 aliphatic rings. The van der Waals surface area contributed by atoms with Crippen LogP contribution in [-0.4, -0.2) is 41.0 Å². The number of H-pyrrole nitrogens is 1. The molecule has 0 bridgehead atoms. The van der Waals surface area contributed by atoms with Gasteiger partial charge in [0.15, 0.2) is 0 Å². The lowest BCUT2D eigenvalue weighted by molar-refractivity contribution is 0.0684. The van der Waals surface area contributed by atoms with E-state index in [1.165, 1.54) is 6.42 Å². The van der Waals surface area contributed by atoms with Crippen LogP contribution in [0, 0.1) is 0 Å². The van der Waals surface area contributed by atoms with Crippen LogP contribution < -0.4 is 5.32 Å². The first kappa shape index (κ1) is 13.6. The van der Waals surface area contributed by atoms with E-state index in [1.807, 2.05) is 11.0 Å². The number of amides is 1. The number of halogens is 1. The highest BCUT2D eigenvalue weighted by Crippen LogP contribution is 2.16. The highest BCUT2D eigenvalue weighted by Gasteiger charge is 2.25. The van der Waals surface area contributed by atoms with Gasteiger partial charge in [-0.05, 0) is 55.2 Å². The van der Waals surface area contributed by atoms with Crippen LogP contribution in [-0.2, 0) is 0 Å². The van der Waals surface area contributed by atoms with Crippen molar-refractivity contribution in [2.75, 3.05) is 13.1 Å². The van der Waals surface area contributed by atoms with Gasteiger partial charge < -0.3 is 15.2 Å². The third-order valence-electron chi connectivity index (χ3n) is 3.34. The molecule has 2 N–H and O–H groups in total. The van der Waals surface area contributed by atoms with Crippen LogP contribution in [0.25, 0.3) is 0 Å². The molecule has 2 rings (SSSR count). The molecule has 1 aromatic rings. The molecule has 18 heavy (non-hydrogen) atoms. The van der Waals surface area contributed by atoms with Crippen molar-refractivity contribution in [2.45, 2.75) is 38.8 Å². The van der Waals surface area contributed by atoms with Crippen LogP contribution in [0.4, 0.5) is 0 Å². The second-order valence-electron chi connectivity index (χ2n) is 5.08. The molecule has 0 aromatic carbocycles. The summed E-state index contributed by atoms with van der Waals surface area (Å²) in [6, 6.07) is 2.48. The first-order valence-corrected chi connectivity index (χ1v) is 7.25. The average Bonchev–Trinajstić information content (AvgIpc) is 2.95. The van der Waals surface area contributed by atoms with Crippen molar-refractivity contribution in [3.05, 3.63) is 22.4 Å². The predicted octanol–water partition coefficient (Wildman–Crippen LogP) is 2.38. The Kier molecular flexibility index (Phi) is 4.45. The minimum Gasteiger partial charge on any atom is -0.356 e. The Hall–Kier alpha value is -0.810. The molecule has 0 spiro atoms. The molecule has 1 saturated heterocycles. The Morgan fingerprint density at radius 2 is 2.39 bits per heavy atom. The number of carbonyl (C=O) groups is 1. The van der Waals surface area contributed by atoms with E-state index in [9.17, 15) is 4.79 Å². The van der Waals surface area contributed by atoms with Gasteiger partial charge in [-0.3, -0.25) is 4.79 Å². The Bertz CT molecular complexity index is 410. The number of rotatable bonds is 4. The summed E-state index contributed by atoms with van der Waals surface area (Å²) in [4.78, 5) is 17.4. The number of nitrogens with one attached hydrogen (secondary N) is 2. The lowest BCUT2D eigenvalue weighted by Gasteiger charge is -2.29. The van der Waals surface area contributed by atoms with Gasteiger partial charge in [0.1, 0.15) is 5.69 Å². The molecule has 1 unspecified atom stereocenters. The summed E-state index contributed by atoms with van der Waals surface area (Å²) in [5, 5.41) is 3.44. The lowest BCUT2D eigenvalue weighted by atomic mass is 10.2. The van der Waals surface area contributed by atoms with Crippen molar-refractivity contribution >= 4 is 21.8 Å². The molecule has 0 radical (unpaired) electrons. The SMILES string of the molecule is CC(C)N(CC1CCCN1)C(=O)c1cc(Br)c[nH]1. The first-order valence-electron chi connectivity index (χ1n) is 6.46. The van der Waals surface area contributed by atoms with E-state index in [0.29, 0.717) is 11.7 Å². The van der Waals surface area contributed by atoms with Gasteiger partial charge in [-0.15, -0.1) is 0 Å². The van der Waals surface area contributed by atoms with E-state index >= 15 is 0 Å². The van der Waals surface area contributed by atoms with Crippen LogP contribution in [0.15, 0.2) is 16.7 Å². The summed E-state index contributed by atoms with van der Waals surface area (Å²) in [5.74, 6) is 0.0735. The van der Waals surface area contributed by atoms with E-state index in [2.05, 4.69) is 40.1 Å². The van der Waals surface area contributed by atoms with E-state index in [-0.39, 0.29) is 11.9 Å². The molecule has 1 amide bonds. The maximum atomic E-state index is 12.4. The molecule has 1 atom stereocenters. The molecular formula is C13H20BrN3O. The van der Waals surface area contributed by atoms with Crippen molar-refractivity contribution in [3.8, 4) is 0 Å². The molecule has 0 aliphatic carbocycles. The standard InChI is InChI=1S/C13H20BrN3O/c1-9(2)17(8-11-4-3-5-15-11)13(18)12-6-10(14)7-16-12/h6-7,9,11,15-16H,3-5,8H2,1-2H3. The molecule has 1 aliphatic heterocycles. The van der Waals surface area contributed by atoms with Crippen molar-refractivity contribution < 1.29 is 4.79 Å². The van der Waals surface area contributed by atoms with Crippen molar-refractivity contribution in [1.82, 2.24) is 15.2 Å². The second-order valence-corrected chi connectivity index (χ2v) is 5.99. The quantitative estimate of drug-likeness (QED) is 0.896. The molecular weight excluding hydrogens is 294 g/mol. The lowest BCUT2D eigenvalue weighted by Crippen LogP contribution is -2.44. The summed E-state index contributed by atoms with van der Waals surface area (Å²) in [6.07, 6.45) is 4.16. The summed E-state index contributed by atoms with van der Waals surface area (Å²) in [6.45, 7) is 5.97. The van der Waals surface area contributed by atoms with Gasteiger partial charge in [-0.1, -0.05) is 0 Å². The predicted molar refractivity (Wildman–Crippen MR) is 75.7 cm³/mol. The van der Waals surface area contributed by atoms with E-state index in [4.69, 9.17) is 0 Å². The van der Waals surface area contributed by atoms with Crippen LogP contribution in [0.3, 0.4) is 0 Å². The van der Waals surface area contributed by atoms with Gasteiger partial charge in [-0.2, -0.15) is 0 Å². The molecule has 4 nitrogen and oxygen atoms in total. The largest absolute Gasteiger partial charge is 0.356 e. The molecule has 0 saturated carbocycles. The zero-order valence-corrected chi connectivity index (χ0v) is 12.5. The number of aromatic amines is 1. The van der Waals surface area contributed by atoms with E-state index < -0.39 is 0 Å². The Labute approximate surface area is 116 Å². The summed E-state index contributed by atoms with van der Waals surface area (Å²) in [7, 11) is 0. The third kappa shape index (κ3) is 3.14. The van der Waals surface area contributed by atoms with Crippen molar-refractivity contribution in [2.24, 2.45) is 0 Å². The Morgan fingerprint density at radius 3 is 2.89 bits per heavy atom. The number of carbonyl (C=O) groups excluding carboxylic acids is 1. The van der Waals surface area contributed by atoms with Gasteiger partial charge in [0.2, 0.25) is 0 Å². The minimum atomic E-state index is 0.0735. The van der Waals surface area contributed by atoms with Gasteiger partial charge >= 0.3 is 0 Å². The number of aromatic nitrogens is 1. The second kappa shape index (κ2) is 5.89. The fourth-order valence-electron chi connectivity index (χ4n) is 2.32. The monoisotopic (exact) mass is 313 g/mol. The minimum absolute atomic E-state index is 0.0735. The van der Waals surface area contributed by atoms with Crippen LogP contribution >= 0.6 is 15.9 Å². The van der Waals surface area contributed by atoms with Crippen molar-refractivity contribution in [3.63, 3.8) is 0 Å². The third-order valence-corrected chi connectivity index (χ3v) is 3.80. The van der Waals surface area contributed by atoms with Gasteiger partial charge in [0.25, 0.3) is 5.91 Å². The van der Waals surface area contributed by atoms with Crippen LogP contribution in [0.2, 0.25) is 0 Å². The van der Waals surface area contributed by atoms with Crippen LogP contribution in [0.1, 0.15) is 37.2 Å². The summed E-state index contributed by atoms with van der Waals surface area (Å²) < 4.78 is 0.911. The van der Waals surface area contributed by atoms with Gasteiger partial charge in [-0.25, -0.2) is 0 Å². The normalized spacial score (nSPS) is 19.4. The zero-order chi connectivity index (χ0) is 13.1. The molecule has 100 valence electrons. The first-order chi connectivity index (χ1) is 8.58. The number of nitrogens with zero attached hydrogens (tertiary/aromatic N) is 1. The van der Waals surface area contributed by atoms with Crippen molar-refractivity contribution in [1.29, 1.82) is 0 Å². The van der Waals surface area contributed by atoms with Gasteiger partial charge in [0, 0.05) is 29.3 Å². The topological polar surface area (TPSA) is 48.1 Å². The molecule has 2 heterocycles. The van der Waals surface area contributed by atoms with E-state index in [0.717, 1.165) is 24.0 Å². The number of hydrogen-bond donors (Lipinski definition) is 2.